The first-order chi connectivity index (χ1) is 12.2. The molecule has 2 aromatic carbocycles. The van der Waals surface area contributed by atoms with E-state index >= 15 is 0 Å². The van der Waals surface area contributed by atoms with E-state index in [1.165, 1.54) is 42.6 Å². The highest BCUT2D eigenvalue weighted by Gasteiger charge is 2.17. The molecule has 0 aliphatic carbocycles. The lowest BCUT2D eigenvalue weighted by Gasteiger charge is -2.19. The third kappa shape index (κ3) is 5.32. The first-order valence-corrected chi connectivity index (χ1v) is 9.53. The average molecular weight is 338 g/mol. The fourth-order valence-electron chi connectivity index (χ4n) is 3.68. The van der Waals surface area contributed by atoms with Crippen molar-refractivity contribution < 1.29 is 0 Å². The lowest BCUT2D eigenvalue weighted by molar-refractivity contribution is 0.400. The molecule has 134 valence electrons. The van der Waals surface area contributed by atoms with Crippen LogP contribution in [0.2, 0.25) is 0 Å². The van der Waals surface area contributed by atoms with Crippen LogP contribution in [0.1, 0.15) is 30.4 Å². The van der Waals surface area contributed by atoms with Crippen molar-refractivity contribution in [3.63, 3.8) is 0 Å². The Balaban J connectivity index is 1.81. The van der Waals surface area contributed by atoms with Crippen molar-refractivity contribution in [2.24, 2.45) is 0 Å². The van der Waals surface area contributed by atoms with E-state index < -0.39 is 0 Å². The Morgan fingerprint density at radius 2 is 1.92 bits per heavy atom. The van der Waals surface area contributed by atoms with E-state index in [-0.39, 0.29) is 0 Å². The number of hydrogen-bond acceptors (Lipinski definition) is 3. The van der Waals surface area contributed by atoms with Crippen molar-refractivity contribution in [3.8, 4) is 0 Å². The maximum absolute atomic E-state index is 3.65. The maximum Gasteiger partial charge on any atom is 0.0419 e. The molecule has 0 aromatic heterocycles. The Bertz CT molecular complexity index is 646. The van der Waals surface area contributed by atoms with Crippen LogP contribution in [0.3, 0.4) is 0 Å². The molecule has 0 bridgehead atoms. The number of anilines is 2. The van der Waals surface area contributed by atoms with Gasteiger partial charge in [-0.2, -0.15) is 0 Å². The highest BCUT2D eigenvalue weighted by atomic mass is 15.0. The minimum Gasteiger partial charge on any atom is -0.355 e. The summed E-state index contributed by atoms with van der Waals surface area (Å²) in [5, 5.41) is 7.29. The van der Waals surface area contributed by atoms with E-state index in [1.807, 2.05) is 0 Å². The lowest BCUT2D eigenvalue weighted by Crippen LogP contribution is -2.24. The van der Waals surface area contributed by atoms with Gasteiger partial charge in [-0.25, -0.2) is 0 Å². The van der Waals surface area contributed by atoms with E-state index in [0.717, 1.165) is 25.1 Å². The van der Waals surface area contributed by atoms with E-state index in [0.29, 0.717) is 6.04 Å². The topological polar surface area (TPSA) is 27.3 Å². The lowest BCUT2D eigenvalue weighted by atomic mass is 9.94. The fraction of sp³-hybridized carbons (Fsp3) is 0.455. The van der Waals surface area contributed by atoms with Crippen LogP contribution in [0.4, 0.5) is 11.4 Å². The summed E-state index contributed by atoms with van der Waals surface area (Å²) < 4.78 is 0. The van der Waals surface area contributed by atoms with E-state index in [4.69, 9.17) is 0 Å². The molecule has 0 radical (unpaired) electrons. The van der Waals surface area contributed by atoms with Crippen molar-refractivity contribution in [2.45, 2.75) is 38.1 Å². The van der Waals surface area contributed by atoms with Crippen LogP contribution in [0.15, 0.2) is 48.5 Å². The maximum atomic E-state index is 3.65. The highest BCUT2D eigenvalue weighted by Crippen LogP contribution is 2.27. The van der Waals surface area contributed by atoms with Gasteiger partial charge in [-0.1, -0.05) is 30.3 Å². The van der Waals surface area contributed by atoms with Gasteiger partial charge in [0.15, 0.2) is 0 Å². The second-order valence-electron chi connectivity index (χ2n) is 7.34. The van der Waals surface area contributed by atoms with Gasteiger partial charge < -0.3 is 15.5 Å². The third-order valence-corrected chi connectivity index (χ3v) is 4.99. The van der Waals surface area contributed by atoms with Gasteiger partial charge in [0.25, 0.3) is 0 Å². The molecule has 0 amide bonds. The Labute approximate surface area is 152 Å². The van der Waals surface area contributed by atoms with Crippen molar-refractivity contribution in [1.82, 2.24) is 10.2 Å². The summed E-state index contributed by atoms with van der Waals surface area (Å²) >= 11 is 0. The second-order valence-corrected chi connectivity index (χ2v) is 7.34. The number of nitrogens with one attached hydrogen (secondary N) is 2. The zero-order valence-electron chi connectivity index (χ0n) is 15.6. The Morgan fingerprint density at radius 3 is 2.64 bits per heavy atom. The molecule has 1 unspecified atom stereocenters. The summed E-state index contributed by atoms with van der Waals surface area (Å²) in [6.45, 7) is 2.30. The molecule has 1 saturated heterocycles. The summed E-state index contributed by atoms with van der Waals surface area (Å²) in [6.07, 6.45) is 6.06. The van der Waals surface area contributed by atoms with E-state index in [1.54, 1.807) is 0 Å². The minimum atomic E-state index is 0.638. The Kier molecular flexibility index (Phi) is 6.48. The van der Waals surface area contributed by atoms with Crippen molar-refractivity contribution in [2.75, 3.05) is 32.5 Å². The SMILES string of the molecule is CN(C)CCCc1c(CC2CCCN2)cccc1Nc1ccccc1. The molecule has 1 aliphatic rings. The predicted octanol–water partition coefficient (Wildman–Crippen LogP) is 4.22. The quantitative estimate of drug-likeness (QED) is 0.755. The third-order valence-electron chi connectivity index (χ3n) is 4.99. The van der Waals surface area contributed by atoms with Crippen LogP contribution in [-0.4, -0.2) is 38.1 Å². The van der Waals surface area contributed by atoms with Gasteiger partial charge in [-0.3, -0.25) is 0 Å². The van der Waals surface area contributed by atoms with Crippen LogP contribution in [0, 0.1) is 0 Å². The van der Waals surface area contributed by atoms with Gasteiger partial charge >= 0.3 is 0 Å². The van der Waals surface area contributed by atoms with Gasteiger partial charge in [0.1, 0.15) is 0 Å². The fourth-order valence-corrected chi connectivity index (χ4v) is 3.68. The molecule has 2 aromatic rings. The number of benzene rings is 2. The van der Waals surface area contributed by atoms with Gasteiger partial charge in [0.2, 0.25) is 0 Å². The molecule has 1 aliphatic heterocycles. The molecular formula is C22H31N3. The predicted molar refractivity (Wildman–Crippen MR) is 108 cm³/mol. The van der Waals surface area contributed by atoms with Gasteiger partial charge in [-0.05, 0) is 88.6 Å². The van der Waals surface area contributed by atoms with Crippen LogP contribution in [-0.2, 0) is 12.8 Å². The minimum absolute atomic E-state index is 0.638. The molecule has 25 heavy (non-hydrogen) atoms. The summed E-state index contributed by atoms with van der Waals surface area (Å²) in [5.74, 6) is 0. The molecular weight excluding hydrogens is 306 g/mol. The number of hydrogen-bond donors (Lipinski definition) is 2. The summed E-state index contributed by atoms with van der Waals surface area (Å²) in [5.41, 5.74) is 5.41. The standard InChI is InChI=1S/C22H31N3/c1-25(2)16-8-13-21-18(17-20-12-7-15-23-20)9-6-14-22(21)24-19-10-4-3-5-11-19/h3-6,9-11,14,20,23-24H,7-8,12-13,15-17H2,1-2H3. The molecule has 0 saturated carbocycles. The van der Waals surface area contributed by atoms with Gasteiger partial charge in [-0.15, -0.1) is 0 Å². The van der Waals surface area contributed by atoms with Crippen LogP contribution >= 0.6 is 0 Å². The Hall–Kier alpha value is -1.84. The zero-order chi connectivity index (χ0) is 17.5. The van der Waals surface area contributed by atoms with Crippen molar-refractivity contribution in [1.29, 1.82) is 0 Å². The summed E-state index contributed by atoms with van der Waals surface area (Å²) in [4.78, 5) is 2.27. The molecule has 1 atom stereocenters. The van der Waals surface area contributed by atoms with E-state index in [2.05, 4.69) is 78.2 Å². The van der Waals surface area contributed by atoms with Crippen LogP contribution in [0.5, 0.6) is 0 Å². The molecule has 3 rings (SSSR count). The molecule has 0 spiro atoms. The largest absolute Gasteiger partial charge is 0.355 e. The highest BCUT2D eigenvalue weighted by molar-refractivity contribution is 5.64. The summed E-state index contributed by atoms with van der Waals surface area (Å²) in [7, 11) is 4.30. The molecule has 1 fully saturated rings. The number of rotatable bonds is 8. The first-order valence-electron chi connectivity index (χ1n) is 9.53. The Morgan fingerprint density at radius 1 is 1.08 bits per heavy atom. The normalized spacial score (nSPS) is 17.2. The summed E-state index contributed by atoms with van der Waals surface area (Å²) in [6, 6.07) is 17.9. The average Bonchev–Trinajstić information content (AvgIpc) is 3.11. The monoisotopic (exact) mass is 337 g/mol. The van der Waals surface area contributed by atoms with Crippen LogP contribution in [0.25, 0.3) is 0 Å². The first kappa shape index (κ1) is 18.0. The zero-order valence-corrected chi connectivity index (χ0v) is 15.6. The molecule has 3 heteroatoms. The second kappa shape index (κ2) is 9.02. The number of nitrogens with zero attached hydrogens (tertiary/aromatic N) is 1. The van der Waals surface area contributed by atoms with Crippen molar-refractivity contribution >= 4 is 11.4 Å². The van der Waals surface area contributed by atoms with Gasteiger partial charge in [0.05, 0.1) is 0 Å². The smallest absolute Gasteiger partial charge is 0.0419 e. The van der Waals surface area contributed by atoms with Crippen LogP contribution < -0.4 is 10.6 Å². The van der Waals surface area contributed by atoms with Crippen molar-refractivity contribution in [3.05, 3.63) is 59.7 Å². The van der Waals surface area contributed by atoms with E-state index in [9.17, 15) is 0 Å². The number of para-hydroxylation sites is 1. The molecule has 1 heterocycles. The van der Waals surface area contributed by atoms with Gasteiger partial charge in [0, 0.05) is 17.4 Å². The molecule has 3 nitrogen and oxygen atoms in total. The molecule has 2 N–H and O–H groups in total.